The van der Waals surface area contributed by atoms with Crippen LogP contribution in [0, 0.1) is 5.41 Å². The molecule has 1 aliphatic rings. The van der Waals surface area contributed by atoms with E-state index < -0.39 is 16.6 Å². The van der Waals surface area contributed by atoms with Gasteiger partial charge in [-0.1, -0.05) is 12.1 Å². The van der Waals surface area contributed by atoms with E-state index in [2.05, 4.69) is 5.16 Å². The number of rotatable bonds is 3. The van der Waals surface area contributed by atoms with Crippen LogP contribution in [-0.2, 0) is 9.53 Å². The zero-order chi connectivity index (χ0) is 15.8. The molecule has 0 bridgehead atoms. The molecule has 1 saturated heterocycles. The Morgan fingerprint density at radius 1 is 1.35 bits per heavy atom. The first-order chi connectivity index (χ1) is 8.97. The molecule has 1 atom stereocenters. The molecule has 1 unspecified atom stereocenters. The van der Waals surface area contributed by atoms with Crippen LogP contribution in [0.1, 0.15) is 48.0 Å². The number of nitrogens with zero attached hydrogens (tertiary/aromatic N) is 2. The maximum atomic E-state index is 12.8. The van der Waals surface area contributed by atoms with E-state index >= 15 is 0 Å². The topological polar surface area (TPSA) is 88.2 Å². The van der Waals surface area contributed by atoms with Crippen LogP contribution in [-0.4, -0.2) is 46.1 Å². The highest BCUT2D eigenvalue weighted by molar-refractivity contribution is 6.06. The second-order valence-corrected chi connectivity index (χ2v) is 6.95. The SMILES string of the molecule is CCC(C)(C(=O)N1CC(C)(C)OC(C)(C)C1)C(N)=NO. The Morgan fingerprint density at radius 3 is 2.15 bits per heavy atom. The van der Waals surface area contributed by atoms with Crippen LogP contribution < -0.4 is 5.73 Å². The average Bonchev–Trinajstić information content (AvgIpc) is 2.32. The van der Waals surface area contributed by atoms with Gasteiger partial charge in [0.05, 0.1) is 11.2 Å². The van der Waals surface area contributed by atoms with Crippen molar-refractivity contribution >= 4 is 11.7 Å². The summed E-state index contributed by atoms with van der Waals surface area (Å²) < 4.78 is 5.97. The maximum Gasteiger partial charge on any atom is 0.236 e. The molecule has 0 aliphatic carbocycles. The van der Waals surface area contributed by atoms with Crippen LogP contribution in [0.3, 0.4) is 0 Å². The molecule has 116 valence electrons. The van der Waals surface area contributed by atoms with Gasteiger partial charge < -0.3 is 20.6 Å². The molecular weight excluding hydrogens is 258 g/mol. The lowest BCUT2D eigenvalue weighted by Gasteiger charge is -2.48. The Bertz CT molecular complexity index is 402. The Morgan fingerprint density at radius 2 is 1.80 bits per heavy atom. The van der Waals surface area contributed by atoms with Crippen molar-refractivity contribution in [1.29, 1.82) is 0 Å². The van der Waals surface area contributed by atoms with Gasteiger partial charge in [0.25, 0.3) is 0 Å². The number of oxime groups is 1. The number of amidine groups is 1. The number of amides is 1. The first kappa shape index (κ1) is 16.8. The van der Waals surface area contributed by atoms with E-state index in [1.165, 1.54) is 0 Å². The number of carbonyl (C=O) groups is 1. The summed E-state index contributed by atoms with van der Waals surface area (Å²) in [6.07, 6.45) is 0.472. The van der Waals surface area contributed by atoms with Crippen molar-refractivity contribution in [2.45, 2.75) is 59.2 Å². The highest BCUT2D eigenvalue weighted by atomic mass is 16.5. The monoisotopic (exact) mass is 285 g/mol. The number of hydrogen-bond donors (Lipinski definition) is 2. The van der Waals surface area contributed by atoms with Crippen molar-refractivity contribution in [2.24, 2.45) is 16.3 Å². The molecule has 6 nitrogen and oxygen atoms in total. The maximum absolute atomic E-state index is 12.8. The van der Waals surface area contributed by atoms with Crippen LogP contribution >= 0.6 is 0 Å². The highest BCUT2D eigenvalue weighted by Gasteiger charge is 2.46. The van der Waals surface area contributed by atoms with Gasteiger partial charge in [-0.25, -0.2) is 0 Å². The van der Waals surface area contributed by atoms with E-state index in [-0.39, 0.29) is 11.7 Å². The minimum Gasteiger partial charge on any atom is -0.409 e. The molecule has 0 spiro atoms. The second kappa shape index (κ2) is 5.24. The van der Waals surface area contributed by atoms with Gasteiger partial charge in [0.1, 0.15) is 5.41 Å². The fourth-order valence-electron chi connectivity index (χ4n) is 2.83. The van der Waals surface area contributed by atoms with Gasteiger partial charge in [0, 0.05) is 13.1 Å². The summed E-state index contributed by atoms with van der Waals surface area (Å²) in [5.74, 6) is -0.174. The van der Waals surface area contributed by atoms with Gasteiger partial charge in [-0.2, -0.15) is 0 Å². The van der Waals surface area contributed by atoms with Gasteiger partial charge in [0.2, 0.25) is 5.91 Å². The van der Waals surface area contributed by atoms with Crippen LogP contribution in [0.2, 0.25) is 0 Å². The lowest BCUT2D eigenvalue weighted by molar-refractivity contribution is -0.191. The third-order valence-electron chi connectivity index (χ3n) is 3.84. The van der Waals surface area contributed by atoms with E-state index in [0.29, 0.717) is 19.5 Å². The lowest BCUT2D eigenvalue weighted by Crippen LogP contribution is -2.62. The molecule has 0 radical (unpaired) electrons. The van der Waals surface area contributed by atoms with E-state index in [0.717, 1.165) is 0 Å². The lowest BCUT2D eigenvalue weighted by atomic mass is 9.83. The molecule has 6 heteroatoms. The minimum atomic E-state index is -0.988. The summed E-state index contributed by atoms with van der Waals surface area (Å²) in [5, 5.41) is 12.0. The summed E-state index contributed by atoms with van der Waals surface area (Å²) in [6.45, 7) is 12.4. The van der Waals surface area contributed by atoms with Crippen LogP contribution in [0.5, 0.6) is 0 Å². The first-order valence-electron chi connectivity index (χ1n) is 6.95. The third-order valence-corrected chi connectivity index (χ3v) is 3.84. The zero-order valence-electron chi connectivity index (χ0n) is 13.4. The van der Waals surface area contributed by atoms with Crippen LogP contribution in [0.15, 0.2) is 5.16 Å². The number of morpholine rings is 1. The van der Waals surface area contributed by atoms with Crippen LogP contribution in [0.25, 0.3) is 0 Å². The molecule has 0 aromatic heterocycles. The number of nitrogens with two attached hydrogens (primary N) is 1. The number of hydrogen-bond acceptors (Lipinski definition) is 4. The van der Waals surface area contributed by atoms with Gasteiger partial charge in [-0.15, -0.1) is 0 Å². The van der Waals surface area contributed by atoms with Gasteiger partial charge in [0.15, 0.2) is 5.84 Å². The second-order valence-electron chi connectivity index (χ2n) is 6.95. The molecule has 1 amide bonds. The quantitative estimate of drug-likeness (QED) is 0.356. The Balaban J connectivity index is 3.07. The van der Waals surface area contributed by atoms with Crippen LogP contribution in [0.4, 0.5) is 0 Å². The minimum absolute atomic E-state index is 0.0490. The Labute approximate surface area is 120 Å². The van der Waals surface area contributed by atoms with Crippen molar-refractivity contribution in [3.8, 4) is 0 Å². The highest BCUT2D eigenvalue weighted by Crippen LogP contribution is 2.32. The Kier molecular flexibility index (Phi) is 4.39. The van der Waals surface area contributed by atoms with Crippen molar-refractivity contribution < 1.29 is 14.7 Å². The number of carbonyl (C=O) groups excluding carboxylic acids is 1. The first-order valence-corrected chi connectivity index (χ1v) is 6.95. The van der Waals surface area contributed by atoms with Crippen molar-refractivity contribution in [3.05, 3.63) is 0 Å². The summed E-state index contributed by atoms with van der Waals surface area (Å²) in [7, 11) is 0. The third kappa shape index (κ3) is 3.23. The largest absolute Gasteiger partial charge is 0.409 e. The van der Waals surface area contributed by atoms with Crippen molar-refractivity contribution in [2.75, 3.05) is 13.1 Å². The van der Waals surface area contributed by atoms with E-state index in [1.54, 1.807) is 11.8 Å². The summed E-state index contributed by atoms with van der Waals surface area (Å²) >= 11 is 0. The predicted molar refractivity (Wildman–Crippen MR) is 77.6 cm³/mol. The normalized spacial score (nSPS) is 25.1. The zero-order valence-corrected chi connectivity index (χ0v) is 13.4. The molecule has 3 N–H and O–H groups in total. The van der Waals surface area contributed by atoms with E-state index in [1.807, 2.05) is 34.6 Å². The van der Waals surface area contributed by atoms with Gasteiger partial charge >= 0.3 is 0 Å². The molecule has 20 heavy (non-hydrogen) atoms. The smallest absolute Gasteiger partial charge is 0.236 e. The molecule has 1 aliphatic heterocycles. The molecule has 1 heterocycles. The molecule has 1 rings (SSSR count). The predicted octanol–water partition coefficient (Wildman–Crippen LogP) is 1.57. The summed E-state index contributed by atoms with van der Waals surface area (Å²) in [6, 6.07) is 0. The van der Waals surface area contributed by atoms with E-state index in [9.17, 15) is 4.79 Å². The molecular formula is C14H27N3O3. The standard InChI is InChI=1S/C14H27N3O3/c1-7-14(6,10(15)16-19)11(18)17-8-12(2,3)20-13(4,5)9-17/h19H,7-9H2,1-6H3,(H2,15,16). The van der Waals surface area contributed by atoms with Crippen molar-refractivity contribution in [3.63, 3.8) is 0 Å². The Hall–Kier alpha value is -1.30. The number of ether oxygens (including phenoxy) is 1. The summed E-state index contributed by atoms with van der Waals surface area (Å²) in [5.41, 5.74) is 3.90. The summed E-state index contributed by atoms with van der Waals surface area (Å²) in [4.78, 5) is 14.6. The van der Waals surface area contributed by atoms with Gasteiger partial charge in [-0.05, 0) is 41.0 Å². The molecule has 0 aromatic carbocycles. The molecule has 0 aromatic rings. The fourth-order valence-corrected chi connectivity index (χ4v) is 2.83. The average molecular weight is 285 g/mol. The molecule has 1 fully saturated rings. The van der Waals surface area contributed by atoms with Gasteiger partial charge in [-0.3, -0.25) is 4.79 Å². The fraction of sp³-hybridized carbons (Fsp3) is 0.857. The molecule has 0 saturated carbocycles. The van der Waals surface area contributed by atoms with Crippen molar-refractivity contribution in [1.82, 2.24) is 4.90 Å². The van der Waals surface area contributed by atoms with E-state index in [4.69, 9.17) is 15.7 Å².